The molecule has 0 aliphatic heterocycles. The van der Waals surface area contributed by atoms with Gasteiger partial charge in [-0.15, -0.1) is 11.6 Å². The number of halogens is 3. The van der Waals surface area contributed by atoms with Crippen LogP contribution in [0.15, 0.2) is 36.4 Å². The second-order valence-corrected chi connectivity index (χ2v) is 5.08. The normalized spacial score (nSPS) is 9.90. The number of aryl methyl sites for hydroxylation is 1. The quantitative estimate of drug-likeness (QED) is 0.573. The highest BCUT2D eigenvalue weighted by molar-refractivity contribution is 6.31. The van der Waals surface area contributed by atoms with E-state index in [0.29, 0.717) is 22.2 Å². The molecule has 0 aliphatic rings. The molecule has 1 nitrogen and oxygen atoms in total. The number of alkyl halides is 1. The summed E-state index contributed by atoms with van der Waals surface area (Å²) in [6, 6.07) is 10.1. The third-order valence-corrected chi connectivity index (χ3v) is 3.40. The monoisotopic (exact) mass is 322 g/mol. The van der Waals surface area contributed by atoms with Gasteiger partial charge in [-0.1, -0.05) is 29.5 Å². The van der Waals surface area contributed by atoms with Gasteiger partial charge in [-0.2, -0.15) is 0 Å². The molecule has 0 amide bonds. The fourth-order valence-electron chi connectivity index (χ4n) is 1.84. The minimum Gasteiger partial charge on any atom is -0.488 e. The Kier molecular flexibility index (Phi) is 5.50. The smallest absolute Gasteiger partial charge is 0.131 e. The van der Waals surface area contributed by atoms with Crippen molar-refractivity contribution < 1.29 is 9.13 Å². The largest absolute Gasteiger partial charge is 0.488 e. The van der Waals surface area contributed by atoms with E-state index < -0.39 is 0 Å². The Morgan fingerprint density at radius 1 is 1.24 bits per heavy atom. The fraction of sp³-hybridized carbons (Fsp3) is 0.176. The molecule has 2 rings (SSSR count). The van der Waals surface area contributed by atoms with Gasteiger partial charge in [0.25, 0.3) is 0 Å². The van der Waals surface area contributed by atoms with Gasteiger partial charge in [-0.3, -0.25) is 0 Å². The Bertz CT molecular complexity index is 681. The zero-order valence-electron chi connectivity index (χ0n) is 11.4. The highest BCUT2D eigenvalue weighted by Gasteiger charge is 2.08. The molecule has 4 heteroatoms. The number of rotatable bonds is 3. The molecule has 108 valence electrons. The third kappa shape index (κ3) is 4.14. The molecule has 0 atom stereocenters. The molecule has 21 heavy (non-hydrogen) atoms. The summed E-state index contributed by atoms with van der Waals surface area (Å²) in [5.41, 5.74) is 2.14. The van der Waals surface area contributed by atoms with E-state index in [-0.39, 0.29) is 12.4 Å². The number of benzene rings is 2. The van der Waals surface area contributed by atoms with Gasteiger partial charge in [0.1, 0.15) is 18.2 Å². The van der Waals surface area contributed by atoms with Crippen LogP contribution in [0.5, 0.6) is 5.75 Å². The second kappa shape index (κ2) is 7.36. The molecule has 0 fully saturated rings. The zero-order valence-corrected chi connectivity index (χ0v) is 12.9. The summed E-state index contributed by atoms with van der Waals surface area (Å²) in [6.07, 6.45) is 0. The highest BCUT2D eigenvalue weighted by Crippen LogP contribution is 2.24. The first-order chi connectivity index (χ1) is 10.1. The van der Waals surface area contributed by atoms with Gasteiger partial charge in [-0.25, -0.2) is 4.39 Å². The van der Waals surface area contributed by atoms with Crippen molar-refractivity contribution in [2.45, 2.75) is 13.5 Å². The van der Waals surface area contributed by atoms with Crippen molar-refractivity contribution in [1.29, 1.82) is 0 Å². The van der Waals surface area contributed by atoms with E-state index >= 15 is 0 Å². The van der Waals surface area contributed by atoms with Gasteiger partial charge >= 0.3 is 0 Å². The van der Waals surface area contributed by atoms with Crippen LogP contribution in [-0.2, 0) is 6.61 Å². The summed E-state index contributed by atoms with van der Waals surface area (Å²) in [4.78, 5) is 0. The Morgan fingerprint density at radius 3 is 2.71 bits per heavy atom. The third-order valence-electron chi connectivity index (χ3n) is 2.91. The van der Waals surface area contributed by atoms with Crippen molar-refractivity contribution in [3.63, 3.8) is 0 Å². The van der Waals surface area contributed by atoms with Crippen LogP contribution in [0.3, 0.4) is 0 Å². The van der Waals surface area contributed by atoms with E-state index in [9.17, 15) is 4.39 Å². The van der Waals surface area contributed by atoms with Gasteiger partial charge in [0, 0.05) is 11.1 Å². The lowest BCUT2D eigenvalue weighted by Gasteiger charge is -2.11. The Balaban J connectivity index is 2.14. The Hall–Kier alpha value is -1.69. The van der Waals surface area contributed by atoms with Crippen LogP contribution >= 0.6 is 23.2 Å². The van der Waals surface area contributed by atoms with Crippen molar-refractivity contribution in [2.75, 3.05) is 5.88 Å². The minimum atomic E-state index is -0.371. The summed E-state index contributed by atoms with van der Waals surface area (Å²) in [5.74, 6) is 6.32. The molecule has 0 saturated carbocycles. The molecular formula is C17H13Cl2FO. The van der Waals surface area contributed by atoms with E-state index in [4.69, 9.17) is 27.9 Å². The first-order valence-corrected chi connectivity index (χ1v) is 7.24. The lowest BCUT2D eigenvalue weighted by molar-refractivity contribution is 0.298. The average molecular weight is 323 g/mol. The minimum absolute atomic E-state index is 0.0824. The molecule has 0 bridgehead atoms. The lowest BCUT2D eigenvalue weighted by atomic mass is 10.1. The lowest BCUT2D eigenvalue weighted by Crippen LogP contribution is -2.00. The summed E-state index contributed by atoms with van der Waals surface area (Å²) in [7, 11) is 0. The first-order valence-electron chi connectivity index (χ1n) is 6.33. The number of hydrogen-bond donors (Lipinski definition) is 0. The van der Waals surface area contributed by atoms with Crippen LogP contribution < -0.4 is 4.74 Å². The van der Waals surface area contributed by atoms with E-state index in [1.807, 2.05) is 25.1 Å². The van der Waals surface area contributed by atoms with Crippen molar-refractivity contribution in [2.24, 2.45) is 0 Å². The van der Waals surface area contributed by atoms with Gasteiger partial charge < -0.3 is 4.74 Å². The van der Waals surface area contributed by atoms with Crippen LogP contribution in [0.1, 0.15) is 16.7 Å². The maximum absolute atomic E-state index is 13.7. The van der Waals surface area contributed by atoms with Crippen LogP contribution in [-0.4, -0.2) is 5.88 Å². The maximum Gasteiger partial charge on any atom is 0.131 e. The van der Waals surface area contributed by atoms with E-state index in [1.54, 1.807) is 12.1 Å². The number of hydrogen-bond acceptors (Lipinski definition) is 1. The maximum atomic E-state index is 13.7. The SMILES string of the molecule is Cc1cc(C#CCCl)ccc1OCc1c(F)cccc1Cl. The van der Waals surface area contributed by atoms with Gasteiger partial charge in [0.15, 0.2) is 0 Å². The number of ether oxygens (including phenoxy) is 1. The van der Waals surface area contributed by atoms with Crippen LogP contribution in [0.2, 0.25) is 5.02 Å². The van der Waals surface area contributed by atoms with Gasteiger partial charge in [-0.05, 0) is 42.8 Å². The first kappa shape index (κ1) is 15.7. The van der Waals surface area contributed by atoms with Crippen LogP contribution in [0.25, 0.3) is 0 Å². The van der Waals surface area contributed by atoms with Gasteiger partial charge in [0.05, 0.1) is 10.9 Å². The molecule has 2 aromatic carbocycles. The molecular weight excluding hydrogens is 310 g/mol. The molecule has 2 aromatic rings. The van der Waals surface area contributed by atoms with Crippen molar-refractivity contribution >= 4 is 23.2 Å². The van der Waals surface area contributed by atoms with E-state index in [2.05, 4.69) is 11.8 Å². The summed E-state index contributed by atoms with van der Waals surface area (Å²) in [6.45, 7) is 1.99. The molecule has 0 unspecified atom stereocenters. The average Bonchev–Trinajstić information content (AvgIpc) is 2.46. The zero-order chi connectivity index (χ0) is 15.2. The standard InChI is InChI=1S/C17H13Cl2FO/c1-12-10-13(4-3-9-18)7-8-17(12)21-11-14-15(19)5-2-6-16(14)20/h2,5-8,10H,9,11H2,1H3. The van der Waals surface area contributed by atoms with Crippen molar-refractivity contribution in [1.82, 2.24) is 0 Å². The molecule has 0 radical (unpaired) electrons. The highest BCUT2D eigenvalue weighted by atomic mass is 35.5. The molecule has 0 N–H and O–H groups in total. The van der Waals surface area contributed by atoms with Crippen molar-refractivity contribution in [3.05, 3.63) is 63.9 Å². The molecule has 0 aromatic heterocycles. The van der Waals surface area contributed by atoms with Crippen LogP contribution in [0.4, 0.5) is 4.39 Å². The fourth-order valence-corrected chi connectivity index (χ4v) is 2.13. The van der Waals surface area contributed by atoms with E-state index in [1.165, 1.54) is 6.07 Å². The predicted molar refractivity (Wildman–Crippen MR) is 84.5 cm³/mol. The van der Waals surface area contributed by atoms with Crippen LogP contribution in [0, 0.1) is 24.6 Å². The van der Waals surface area contributed by atoms with Gasteiger partial charge in [0.2, 0.25) is 0 Å². The van der Waals surface area contributed by atoms with Crippen molar-refractivity contribution in [3.8, 4) is 17.6 Å². The summed E-state index contributed by atoms with van der Waals surface area (Å²) >= 11 is 11.5. The predicted octanol–water partition coefficient (Wildman–Crippen LogP) is 4.96. The molecule has 0 heterocycles. The summed E-state index contributed by atoms with van der Waals surface area (Å²) in [5, 5.41) is 0.359. The Morgan fingerprint density at radius 2 is 2.05 bits per heavy atom. The second-order valence-electron chi connectivity index (χ2n) is 4.40. The molecule has 0 saturated heterocycles. The molecule has 0 aliphatic carbocycles. The topological polar surface area (TPSA) is 9.23 Å². The Labute approximate surface area is 133 Å². The summed E-state index contributed by atoms with van der Waals surface area (Å²) < 4.78 is 19.3. The molecule has 0 spiro atoms. The van der Waals surface area contributed by atoms with E-state index in [0.717, 1.165) is 11.1 Å².